The third-order valence-corrected chi connectivity index (χ3v) is 2.40. The molecule has 0 saturated heterocycles. The molecule has 1 aromatic heterocycles. The lowest BCUT2D eigenvalue weighted by molar-refractivity contribution is -1.01. The summed E-state index contributed by atoms with van der Waals surface area (Å²) in [6, 6.07) is 9.95. The van der Waals surface area contributed by atoms with E-state index in [1.807, 2.05) is 44.2 Å². The van der Waals surface area contributed by atoms with Gasteiger partial charge < -0.3 is 4.84 Å². The van der Waals surface area contributed by atoms with Crippen molar-refractivity contribution in [1.29, 1.82) is 0 Å². The molecule has 4 heteroatoms. The number of aromatic nitrogens is 2. The van der Waals surface area contributed by atoms with Crippen LogP contribution in [0.2, 0.25) is 0 Å². The molecule has 0 unspecified atom stereocenters. The Labute approximate surface area is 108 Å². The summed E-state index contributed by atoms with van der Waals surface area (Å²) in [4.78, 5) is 6.46. The predicted molar refractivity (Wildman–Crippen MR) is 70.1 cm³/mol. The van der Waals surface area contributed by atoms with Crippen LogP contribution in [-0.4, -0.2) is 12.3 Å². The maximum absolute atomic E-state index is 5.12. The van der Waals surface area contributed by atoms with Gasteiger partial charge in [-0.3, -0.25) is 0 Å². The van der Waals surface area contributed by atoms with Crippen LogP contribution in [0, 0.1) is 0 Å². The zero-order valence-corrected chi connectivity index (χ0v) is 11.7. The molecular weight excluding hydrogens is 228 g/mol. The third-order valence-electron chi connectivity index (χ3n) is 2.40. The normalized spacial score (nSPS) is 9.89. The first kappa shape index (κ1) is 14.2. The summed E-state index contributed by atoms with van der Waals surface area (Å²) in [6.45, 7) is 8.15. The smallest absolute Gasteiger partial charge is 0.276 e. The minimum absolute atomic E-state index is 0.287. The van der Waals surface area contributed by atoms with Crippen molar-refractivity contribution in [2.24, 2.45) is 0 Å². The number of nitrogens with zero attached hydrogens (tertiary/aromatic N) is 2. The van der Waals surface area contributed by atoms with E-state index in [9.17, 15) is 0 Å². The zero-order chi connectivity index (χ0) is 13.5. The van der Waals surface area contributed by atoms with Gasteiger partial charge in [-0.15, -0.1) is 0 Å². The van der Waals surface area contributed by atoms with Gasteiger partial charge in [0.1, 0.15) is 12.0 Å². The molecule has 1 aromatic carbocycles. The molecule has 98 valence electrons. The van der Waals surface area contributed by atoms with E-state index in [0.717, 1.165) is 17.0 Å². The molecule has 0 N–H and O–H groups in total. The fourth-order valence-electron chi connectivity index (χ4n) is 1.61. The lowest BCUT2D eigenvalue weighted by Gasteiger charge is -1.98. The molecule has 0 amide bonds. The molecule has 0 atom stereocenters. The van der Waals surface area contributed by atoms with Crippen LogP contribution in [0.15, 0.2) is 35.0 Å². The second-order valence-electron chi connectivity index (χ2n) is 3.87. The van der Waals surface area contributed by atoms with E-state index in [4.69, 9.17) is 9.47 Å². The van der Waals surface area contributed by atoms with Gasteiger partial charge in [0.05, 0.1) is 0 Å². The maximum atomic E-state index is 5.12. The Morgan fingerprint density at radius 1 is 1.17 bits per heavy atom. The van der Waals surface area contributed by atoms with Crippen LogP contribution in [0.3, 0.4) is 0 Å². The first-order valence-corrected chi connectivity index (χ1v) is 6.26. The number of hydrogen-bond acceptors (Lipinski definition) is 3. The Balaban J connectivity index is 0.000000771. The molecule has 0 aliphatic heterocycles. The van der Waals surface area contributed by atoms with Crippen molar-refractivity contribution in [3.8, 4) is 11.3 Å². The fourth-order valence-corrected chi connectivity index (χ4v) is 1.61. The fraction of sp³-hybridized carbons (Fsp3) is 0.429. The number of benzene rings is 1. The number of hydrogen-bond donors (Lipinski definition) is 0. The van der Waals surface area contributed by atoms with Crippen LogP contribution in [0.4, 0.5) is 0 Å². The summed E-state index contributed by atoms with van der Waals surface area (Å²) in [5.41, 5.74) is 2.81. The van der Waals surface area contributed by atoms with Crippen LogP contribution in [0.1, 0.15) is 39.3 Å². The van der Waals surface area contributed by atoms with Crippen LogP contribution in [0.5, 0.6) is 0 Å². The van der Waals surface area contributed by atoms with Crippen LogP contribution in [0.25, 0.3) is 11.3 Å². The van der Waals surface area contributed by atoms with E-state index in [-0.39, 0.29) is 5.92 Å². The van der Waals surface area contributed by atoms with Gasteiger partial charge in [0.2, 0.25) is 0 Å². The highest BCUT2D eigenvalue weighted by atomic mass is 16.8. The summed E-state index contributed by atoms with van der Waals surface area (Å²) < 4.78 is 5.11. The Morgan fingerprint density at radius 3 is 2.28 bits per heavy atom. The minimum atomic E-state index is 0.287. The molecule has 0 radical (unpaired) electrons. The first-order chi connectivity index (χ1) is 8.74. The lowest BCUT2D eigenvalue weighted by atomic mass is 10.0. The molecular formula is C14H21N2O2+. The van der Waals surface area contributed by atoms with E-state index in [0.29, 0.717) is 0 Å². The van der Waals surface area contributed by atoms with E-state index in [1.165, 1.54) is 4.90 Å². The highest BCUT2D eigenvalue weighted by Crippen LogP contribution is 2.23. The molecule has 2 rings (SSSR count). The SMILES string of the molecule is CC.CO[n+]1onc(C(C)C)c1-c1ccccc1. The zero-order valence-electron chi connectivity index (χ0n) is 11.7. The van der Waals surface area contributed by atoms with Crippen LogP contribution < -0.4 is 9.74 Å². The van der Waals surface area contributed by atoms with Crippen LogP contribution in [-0.2, 0) is 0 Å². The third kappa shape index (κ3) is 2.88. The van der Waals surface area contributed by atoms with Crippen molar-refractivity contribution in [2.75, 3.05) is 7.11 Å². The standard InChI is InChI=1S/C12H15N2O2.C2H6/c1-9(2)11-12(14(15-3)16-13-11)10-7-5-4-6-8-10;1-2/h4-9H,1-3H3;1-2H3/q+1;. The molecule has 0 aliphatic rings. The first-order valence-electron chi connectivity index (χ1n) is 6.26. The maximum Gasteiger partial charge on any atom is 0.276 e. The van der Waals surface area contributed by atoms with Crippen molar-refractivity contribution >= 4 is 0 Å². The average Bonchev–Trinajstić information content (AvgIpc) is 2.86. The Hall–Kier alpha value is -1.84. The van der Waals surface area contributed by atoms with Crippen molar-refractivity contribution in [3.63, 3.8) is 0 Å². The average molecular weight is 249 g/mol. The van der Waals surface area contributed by atoms with E-state index < -0.39 is 0 Å². The summed E-state index contributed by atoms with van der Waals surface area (Å²) in [6.07, 6.45) is 0. The van der Waals surface area contributed by atoms with Gasteiger partial charge in [0, 0.05) is 11.5 Å². The van der Waals surface area contributed by atoms with Crippen molar-refractivity contribution in [1.82, 2.24) is 5.16 Å². The molecule has 0 fully saturated rings. The lowest BCUT2D eigenvalue weighted by Crippen LogP contribution is -2.40. The second-order valence-corrected chi connectivity index (χ2v) is 3.87. The largest absolute Gasteiger partial charge is 0.305 e. The van der Waals surface area contributed by atoms with Gasteiger partial charge in [-0.1, -0.05) is 58.0 Å². The molecule has 4 nitrogen and oxygen atoms in total. The van der Waals surface area contributed by atoms with Gasteiger partial charge in [-0.05, 0) is 4.63 Å². The topological polar surface area (TPSA) is 39.1 Å². The Bertz CT molecular complexity index is 464. The summed E-state index contributed by atoms with van der Waals surface area (Å²) in [5.74, 6) is 0.287. The molecule has 0 bridgehead atoms. The summed E-state index contributed by atoms with van der Waals surface area (Å²) >= 11 is 0. The Kier molecular flexibility index (Phi) is 5.36. The number of rotatable bonds is 3. The molecule has 0 aliphatic carbocycles. The summed E-state index contributed by atoms with van der Waals surface area (Å²) in [5, 5.41) is 4.03. The minimum Gasteiger partial charge on any atom is -0.305 e. The van der Waals surface area contributed by atoms with E-state index in [1.54, 1.807) is 7.11 Å². The molecule has 0 saturated carbocycles. The van der Waals surface area contributed by atoms with Gasteiger partial charge in [0.15, 0.2) is 5.16 Å². The van der Waals surface area contributed by atoms with Gasteiger partial charge in [-0.2, -0.15) is 0 Å². The van der Waals surface area contributed by atoms with Gasteiger partial charge in [-0.25, -0.2) is 0 Å². The molecule has 1 heterocycles. The van der Waals surface area contributed by atoms with Crippen molar-refractivity contribution in [2.45, 2.75) is 33.6 Å². The quantitative estimate of drug-likeness (QED) is 0.839. The second kappa shape index (κ2) is 6.79. The monoisotopic (exact) mass is 249 g/mol. The molecule has 0 spiro atoms. The molecule has 2 aromatic rings. The van der Waals surface area contributed by atoms with Crippen molar-refractivity contribution in [3.05, 3.63) is 36.0 Å². The van der Waals surface area contributed by atoms with E-state index in [2.05, 4.69) is 19.0 Å². The predicted octanol–water partition coefficient (Wildman–Crippen LogP) is 2.84. The van der Waals surface area contributed by atoms with Crippen molar-refractivity contribution < 1.29 is 14.4 Å². The van der Waals surface area contributed by atoms with Gasteiger partial charge >= 0.3 is 0 Å². The van der Waals surface area contributed by atoms with Crippen LogP contribution >= 0.6 is 0 Å². The summed E-state index contributed by atoms with van der Waals surface area (Å²) in [7, 11) is 1.56. The Morgan fingerprint density at radius 2 is 1.78 bits per heavy atom. The highest BCUT2D eigenvalue weighted by Gasteiger charge is 2.29. The highest BCUT2D eigenvalue weighted by molar-refractivity contribution is 5.58. The van der Waals surface area contributed by atoms with E-state index >= 15 is 0 Å². The molecule has 18 heavy (non-hydrogen) atoms. The van der Waals surface area contributed by atoms with Gasteiger partial charge in [0.25, 0.3) is 11.4 Å².